The predicted molar refractivity (Wildman–Crippen MR) is 92.9 cm³/mol. The molecule has 0 heterocycles. The van der Waals surface area contributed by atoms with Gasteiger partial charge in [-0.3, -0.25) is 0 Å². The summed E-state index contributed by atoms with van der Waals surface area (Å²) in [5.41, 5.74) is 1.42. The molecule has 1 atom stereocenters. The van der Waals surface area contributed by atoms with Gasteiger partial charge >= 0.3 is 0 Å². The quantitative estimate of drug-likeness (QED) is 0.742. The van der Waals surface area contributed by atoms with Crippen molar-refractivity contribution in [3.8, 4) is 0 Å². The van der Waals surface area contributed by atoms with Crippen LogP contribution in [0.25, 0.3) is 0 Å². The van der Waals surface area contributed by atoms with E-state index >= 15 is 0 Å². The minimum atomic E-state index is -3.64. The van der Waals surface area contributed by atoms with E-state index in [9.17, 15) is 13.7 Å². The van der Waals surface area contributed by atoms with E-state index in [1.807, 2.05) is 6.07 Å². The molecule has 5 heteroatoms. The molecule has 2 rings (SSSR count). The van der Waals surface area contributed by atoms with Gasteiger partial charge in [-0.05, 0) is 33.7 Å². The van der Waals surface area contributed by atoms with Gasteiger partial charge in [0.1, 0.15) is 10.9 Å². The zero-order valence-electron chi connectivity index (χ0n) is 12.4. The fraction of sp³-hybridized carbons (Fsp3) is 0.250. The Morgan fingerprint density at radius 2 is 1.48 bits per heavy atom. The second-order valence-electron chi connectivity index (χ2n) is 6.00. The van der Waals surface area contributed by atoms with Crippen LogP contribution < -0.4 is 10.6 Å². The Hall–Kier alpha value is -0.900. The molecule has 0 bridgehead atoms. The van der Waals surface area contributed by atoms with Crippen LogP contribution in [0.1, 0.15) is 26.3 Å². The van der Waals surface area contributed by atoms with Crippen molar-refractivity contribution in [2.75, 3.05) is 0 Å². The van der Waals surface area contributed by atoms with Crippen molar-refractivity contribution in [2.45, 2.75) is 31.1 Å². The molecule has 114 valence electrons. The summed E-state index contributed by atoms with van der Waals surface area (Å²) in [6.07, 6.45) is 0. The lowest BCUT2D eigenvalue weighted by molar-refractivity contribution is 0.376. The maximum absolute atomic E-state index is 9.30. The summed E-state index contributed by atoms with van der Waals surface area (Å²) in [5.74, 6) is 0. The van der Waals surface area contributed by atoms with E-state index in [0.717, 1.165) is 5.30 Å². The molecule has 21 heavy (non-hydrogen) atoms. The van der Waals surface area contributed by atoms with Gasteiger partial charge in [-0.2, -0.15) is 0 Å². The molecule has 0 aliphatic rings. The highest BCUT2D eigenvalue weighted by molar-refractivity contribution is 8.19. The first-order valence-electron chi connectivity index (χ1n) is 6.64. The SMILES string of the molecule is CC(C)(C)c1ccc(Pc2cccc(S(O)(O)O)c2)cc1. The zero-order valence-corrected chi connectivity index (χ0v) is 14.2. The van der Waals surface area contributed by atoms with Crippen molar-refractivity contribution in [1.29, 1.82) is 0 Å². The third-order valence-corrected chi connectivity index (χ3v) is 5.30. The Bertz CT molecular complexity index is 613. The lowest BCUT2D eigenvalue weighted by Crippen LogP contribution is -2.12. The molecule has 0 radical (unpaired) electrons. The summed E-state index contributed by atoms with van der Waals surface area (Å²) < 4.78 is 27.9. The molecular formula is C16H21O3PS. The molecule has 0 spiro atoms. The monoisotopic (exact) mass is 324 g/mol. The number of benzene rings is 2. The first-order valence-corrected chi connectivity index (χ1v) is 9.15. The minimum Gasteiger partial charge on any atom is -0.304 e. The molecule has 0 fully saturated rings. The fourth-order valence-corrected chi connectivity index (χ4v) is 3.69. The van der Waals surface area contributed by atoms with Gasteiger partial charge in [0, 0.05) is 0 Å². The Balaban J connectivity index is 2.19. The molecule has 2 aromatic rings. The normalized spacial score (nSPS) is 13.8. The van der Waals surface area contributed by atoms with E-state index < -0.39 is 10.9 Å². The van der Waals surface area contributed by atoms with E-state index in [4.69, 9.17) is 0 Å². The second-order valence-corrected chi connectivity index (χ2v) is 8.91. The summed E-state index contributed by atoms with van der Waals surface area (Å²) in [5, 5.41) is 2.14. The summed E-state index contributed by atoms with van der Waals surface area (Å²) in [6.45, 7) is 6.54. The average Bonchev–Trinajstić information content (AvgIpc) is 2.37. The second kappa shape index (κ2) is 6.07. The molecule has 0 saturated carbocycles. The van der Waals surface area contributed by atoms with Gasteiger partial charge in [-0.25, -0.2) is 0 Å². The molecule has 0 aromatic heterocycles. The Morgan fingerprint density at radius 3 is 2.00 bits per heavy atom. The largest absolute Gasteiger partial charge is 0.304 e. The van der Waals surface area contributed by atoms with Gasteiger partial charge in [-0.1, -0.05) is 65.8 Å². The third-order valence-electron chi connectivity index (χ3n) is 3.19. The van der Waals surface area contributed by atoms with E-state index in [-0.39, 0.29) is 10.3 Å². The van der Waals surface area contributed by atoms with Crippen LogP contribution >= 0.6 is 19.5 Å². The van der Waals surface area contributed by atoms with E-state index in [2.05, 4.69) is 45.0 Å². The summed E-state index contributed by atoms with van der Waals surface area (Å²) in [6, 6.07) is 15.3. The Kier molecular flexibility index (Phi) is 4.76. The molecule has 2 aromatic carbocycles. The fourth-order valence-electron chi connectivity index (χ4n) is 1.96. The minimum absolute atomic E-state index is 0.134. The predicted octanol–water partition coefficient (Wildman–Crippen LogP) is 4.20. The van der Waals surface area contributed by atoms with E-state index in [1.165, 1.54) is 16.9 Å². The molecule has 0 amide bonds. The van der Waals surface area contributed by atoms with Crippen molar-refractivity contribution >= 4 is 30.1 Å². The lowest BCUT2D eigenvalue weighted by atomic mass is 9.87. The molecule has 0 aliphatic carbocycles. The van der Waals surface area contributed by atoms with Gasteiger partial charge in [0.2, 0.25) is 0 Å². The van der Waals surface area contributed by atoms with Gasteiger partial charge < -0.3 is 13.7 Å². The summed E-state index contributed by atoms with van der Waals surface area (Å²) in [4.78, 5) is 0.166. The van der Waals surface area contributed by atoms with Crippen LogP contribution in [0.4, 0.5) is 0 Å². The third kappa shape index (κ3) is 4.53. The van der Waals surface area contributed by atoms with Gasteiger partial charge in [0.15, 0.2) is 0 Å². The molecule has 0 saturated heterocycles. The van der Waals surface area contributed by atoms with Crippen molar-refractivity contribution in [2.24, 2.45) is 0 Å². The number of hydrogen-bond donors (Lipinski definition) is 3. The van der Waals surface area contributed by atoms with Gasteiger partial charge in [-0.15, -0.1) is 0 Å². The first kappa shape index (κ1) is 16.5. The zero-order chi connectivity index (χ0) is 15.7. The van der Waals surface area contributed by atoms with Crippen LogP contribution in [-0.2, 0) is 5.41 Å². The van der Waals surface area contributed by atoms with Crippen LogP contribution in [0.15, 0.2) is 53.4 Å². The molecule has 0 aliphatic heterocycles. The highest BCUT2D eigenvalue weighted by Gasteiger charge is 2.16. The topological polar surface area (TPSA) is 60.7 Å². The summed E-state index contributed by atoms with van der Waals surface area (Å²) in [7, 11) is -3.23. The molecular weight excluding hydrogens is 303 g/mol. The molecule has 1 unspecified atom stereocenters. The first-order chi connectivity index (χ1) is 9.66. The highest BCUT2D eigenvalue weighted by atomic mass is 32.3. The van der Waals surface area contributed by atoms with Crippen LogP contribution in [0, 0.1) is 0 Å². The standard InChI is InChI=1S/C16H21O3PS/c1-16(2,3)12-7-9-13(10-8-12)20-14-5-4-6-15(11-14)21(17,18)19/h4-11,17-20H,1-3H3. The maximum Gasteiger partial charge on any atom is 0.112 e. The maximum atomic E-state index is 9.30. The van der Waals surface area contributed by atoms with Crippen molar-refractivity contribution in [3.05, 3.63) is 54.1 Å². The smallest absolute Gasteiger partial charge is 0.112 e. The lowest BCUT2D eigenvalue weighted by Gasteiger charge is -2.20. The molecule has 3 N–H and O–H groups in total. The van der Waals surface area contributed by atoms with E-state index in [0.29, 0.717) is 8.58 Å². The van der Waals surface area contributed by atoms with Crippen LogP contribution in [0.5, 0.6) is 0 Å². The van der Waals surface area contributed by atoms with Crippen LogP contribution in [-0.4, -0.2) is 13.7 Å². The Morgan fingerprint density at radius 1 is 0.857 bits per heavy atom. The number of rotatable bonds is 3. The highest BCUT2D eigenvalue weighted by Crippen LogP contribution is 2.43. The average molecular weight is 324 g/mol. The van der Waals surface area contributed by atoms with Crippen LogP contribution in [0.2, 0.25) is 0 Å². The van der Waals surface area contributed by atoms with E-state index in [1.54, 1.807) is 12.1 Å². The van der Waals surface area contributed by atoms with Crippen molar-refractivity contribution in [3.63, 3.8) is 0 Å². The molecule has 3 nitrogen and oxygen atoms in total. The van der Waals surface area contributed by atoms with Crippen molar-refractivity contribution < 1.29 is 13.7 Å². The van der Waals surface area contributed by atoms with Crippen molar-refractivity contribution in [1.82, 2.24) is 0 Å². The van der Waals surface area contributed by atoms with Gasteiger partial charge in [0.25, 0.3) is 0 Å². The number of hydrogen-bond acceptors (Lipinski definition) is 3. The van der Waals surface area contributed by atoms with Crippen LogP contribution in [0.3, 0.4) is 0 Å². The Labute approximate surface area is 129 Å². The summed E-state index contributed by atoms with van der Waals surface area (Å²) >= 11 is 0. The van der Waals surface area contributed by atoms with Gasteiger partial charge in [0.05, 0.1) is 4.90 Å².